The lowest BCUT2D eigenvalue weighted by atomic mass is 10.2. The van der Waals surface area contributed by atoms with E-state index in [2.05, 4.69) is 47.3 Å². The van der Waals surface area contributed by atoms with Crippen LogP contribution in [-0.2, 0) is 11.2 Å². The summed E-state index contributed by atoms with van der Waals surface area (Å²) >= 11 is 12.8. The van der Waals surface area contributed by atoms with Crippen LogP contribution in [0.3, 0.4) is 0 Å². The Morgan fingerprint density at radius 1 is 1.14 bits per heavy atom. The van der Waals surface area contributed by atoms with Crippen LogP contribution in [0.5, 0.6) is 11.5 Å². The fourth-order valence-corrected chi connectivity index (χ4v) is 4.37. The second-order valence-corrected chi connectivity index (χ2v) is 9.98. The number of anilines is 1. The van der Waals surface area contributed by atoms with Crippen molar-refractivity contribution in [3.05, 3.63) is 90.3 Å². The maximum absolute atomic E-state index is 13.1. The number of nitrogens with zero attached hydrogens (tertiary/aromatic N) is 3. The molecule has 0 saturated heterocycles. The van der Waals surface area contributed by atoms with E-state index in [1.54, 1.807) is 48.5 Å². The summed E-state index contributed by atoms with van der Waals surface area (Å²) in [6.45, 7) is 1.68. The number of aromatic nitrogens is 2. The minimum absolute atomic E-state index is 0.230. The molecule has 0 unspecified atom stereocenters. The minimum atomic E-state index is -0.340. The number of amides is 1. The Morgan fingerprint density at radius 3 is 2.59 bits per heavy atom. The Balaban J connectivity index is 1.56. The van der Waals surface area contributed by atoms with Crippen molar-refractivity contribution in [2.24, 2.45) is 5.10 Å². The molecule has 0 aliphatic carbocycles. The van der Waals surface area contributed by atoms with Gasteiger partial charge in [0.05, 0.1) is 24.2 Å². The summed E-state index contributed by atoms with van der Waals surface area (Å²) in [6.07, 6.45) is 2.06. The SMILES string of the molecule is CCc1nc2ccc(Br)cc2c(=O)n1N=Cc1cc(OC)c(OCC(=O)Nc2ccc(Cl)cc2)cc1Br. The molecular weight excluding hydrogens is 628 g/mol. The van der Waals surface area contributed by atoms with Crippen molar-refractivity contribution in [3.63, 3.8) is 0 Å². The highest BCUT2D eigenvalue weighted by atomic mass is 79.9. The number of hydrogen-bond acceptors (Lipinski definition) is 6. The molecule has 37 heavy (non-hydrogen) atoms. The molecule has 0 atom stereocenters. The molecule has 4 rings (SSSR count). The van der Waals surface area contributed by atoms with Crippen LogP contribution < -0.4 is 20.3 Å². The van der Waals surface area contributed by atoms with Gasteiger partial charge in [-0.3, -0.25) is 9.59 Å². The van der Waals surface area contributed by atoms with Gasteiger partial charge in [0.2, 0.25) is 0 Å². The van der Waals surface area contributed by atoms with Crippen molar-refractivity contribution >= 4 is 72.2 Å². The van der Waals surface area contributed by atoms with Crippen LogP contribution in [0.25, 0.3) is 10.9 Å². The normalized spacial score (nSPS) is 11.2. The number of halogens is 3. The molecule has 1 N–H and O–H groups in total. The molecule has 3 aromatic carbocycles. The first-order valence-corrected chi connectivity index (χ1v) is 13.1. The summed E-state index contributed by atoms with van der Waals surface area (Å²) in [4.78, 5) is 30.0. The molecule has 0 spiro atoms. The van der Waals surface area contributed by atoms with E-state index < -0.39 is 0 Å². The number of fused-ring (bicyclic) bond motifs is 1. The predicted octanol–water partition coefficient (Wildman–Crippen LogP) is 6.05. The van der Waals surface area contributed by atoms with Gasteiger partial charge in [0, 0.05) is 31.6 Å². The van der Waals surface area contributed by atoms with Gasteiger partial charge in [-0.15, -0.1) is 0 Å². The van der Waals surface area contributed by atoms with Crippen molar-refractivity contribution < 1.29 is 14.3 Å². The van der Waals surface area contributed by atoms with Crippen molar-refractivity contribution in [2.75, 3.05) is 19.0 Å². The standard InChI is InChI=1S/C26H21Br2ClN4O4/c1-3-24-32-21-9-4-16(27)11-19(21)26(35)33(24)30-13-15-10-22(36-2)23(12-20(15)28)37-14-25(34)31-18-7-5-17(29)6-8-18/h4-13H,3,14H2,1-2H3,(H,31,34). The Bertz CT molecular complexity index is 1560. The highest BCUT2D eigenvalue weighted by Crippen LogP contribution is 2.33. The number of ether oxygens (including phenoxy) is 2. The minimum Gasteiger partial charge on any atom is -0.493 e. The third kappa shape index (κ3) is 6.38. The van der Waals surface area contributed by atoms with Crippen molar-refractivity contribution in [2.45, 2.75) is 13.3 Å². The zero-order valence-corrected chi connectivity index (χ0v) is 23.7. The first kappa shape index (κ1) is 26.8. The molecule has 8 nitrogen and oxygen atoms in total. The van der Waals surface area contributed by atoms with Crippen molar-refractivity contribution in [1.29, 1.82) is 0 Å². The Labute approximate surface area is 234 Å². The maximum Gasteiger partial charge on any atom is 0.282 e. The molecule has 0 aliphatic rings. The Kier molecular flexibility index (Phi) is 8.63. The molecule has 1 heterocycles. The van der Waals surface area contributed by atoms with E-state index in [1.165, 1.54) is 18.0 Å². The third-order valence-corrected chi connectivity index (χ3v) is 6.71. The van der Waals surface area contributed by atoms with E-state index in [0.29, 0.717) is 55.4 Å². The number of hydrogen-bond donors (Lipinski definition) is 1. The molecule has 0 saturated carbocycles. The molecule has 11 heteroatoms. The number of rotatable bonds is 8. The van der Waals surface area contributed by atoms with Crippen LogP contribution in [0, 0.1) is 0 Å². The third-order valence-electron chi connectivity index (χ3n) is 5.27. The number of carbonyl (C=O) groups excluding carboxylic acids is 1. The lowest BCUT2D eigenvalue weighted by Crippen LogP contribution is -2.22. The van der Waals surface area contributed by atoms with Crippen molar-refractivity contribution in [1.82, 2.24) is 9.66 Å². The van der Waals surface area contributed by atoms with E-state index >= 15 is 0 Å². The zero-order chi connectivity index (χ0) is 26.5. The van der Waals surface area contributed by atoms with E-state index in [9.17, 15) is 9.59 Å². The average Bonchev–Trinajstić information content (AvgIpc) is 2.89. The van der Waals surface area contributed by atoms with Crippen LogP contribution in [0.15, 0.2) is 73.4 Å². The molecule has 0 bridgehead atoms. The van der Waals surface area contributed by atoms with Gasteiger partial charge in [-0.25, -0.2) is 4.98 Å². The van der Waals surface area contributed by atoms with Gasteiger partial charge in [-0.1, -0.05) is 34.5 Å². The van der Waals surface area contributed by atoms with E-state index in [0.717, 1.165) is 4.47 Å². The second kappa shape index (κ2) is 11.9. The van der Waals surface area contributed by atoms with Gasteiger partial charge in [0.25, 0.3) is 11.5 Å². The quantitative estimate of drug-likeness (QED) is 0.235. The zero-order valence-electron chi connectivity index (χ0n) is 19.8. The fourth-order valence-electron chi connectivity index (χ4n) is 3.46. The predicted molar refractivity (Wildman–Crippen MR) is 152 cm³/mol. The first-order chi connectivity index (χ1) is 17.8. The number of methoxy groups -OCH3 is 1. The van der Waals surface area contributed by atoms with Crippen LogP contribution in [0.1, 0.15) is 18.3 Å². The smallest absolute Gasteiger partial charge is 0.282 e. The molecule has 1 aromatic heterocycles. The van der Waals surface area contributed by atoms with Gasteiger partial charge >= 0.3 is 0 Å². The maximum atomic E-state index is 13.1. The summed E-state index contributed by atoms with van der Waals surface area (Å²) in [7, 11) is 1.50. The summed E-state index contributed by atoms with van der Waals surface area (Å²) < 4.78 is 13.9. The largest absolute Gasteiger partial charge is 0.493 e. The molecule has 1 amide bonds. The van der Waals surface area contributed by atoms with E-state index in [1.807, 2.05) is 13.0 Å². The van der Waals surface area contributed by atoms with Crippen LogP contribution in [0.4, 0.5) is 5.69 Å². The molecule has 4 aromatic rings. The topological polar surface area (TPSA) is 94.8 Å². The van der Waals surface area contributed by atoms with Gasteiger partial charge in [-0.2, -0.15) is 9.78 Å². The number of nitrogens with one attached hydrogen (secondary N) is 1. The first-order valence-electron chi connectivity index (χ1n) is 11.1. The number of carbonyl (C=O) groups is 1. The van der Waals surface area contributed by atoms with Crippen LogP contribution >= 0.6 is 43.5 Å². The highest BCUT2D eigenvalue weighted by molar-refractivity contribution is 9.10. The summed E-state index contributed by atoms with van der Waals surface area (Å²) in [6, 6.07) is 15.5. The highest BCUT2D eigenvalue weighted by Gasteiger charge is 2.13. The van der Waals surface area contributed by atoms with Crippen molar-refractivity contribution in [3.8, 4) is 11.5 Å². The number of benzene rings is 3. The van der Waals surface area contributed by atoms with Gasteiger partial charge in [0.1, 0.15) is 5.82 Å². The molecule has 190 valence electrons. The van der Waals surface area contributed by atoms with Gasteiger partial charge in [-0.05, 0) is 70.5 Å². The molecular formula is C26H21Br2ClN4O4. The van der Waals surface area contributed by atoms with E-state index in [4.69, 9.17) is 21.1 Å². The molecule has 0 aliphatic heterocycles. The Hall–Kier alpha value is -3.21. The summed E-state index contributed by atoms with van der Waals surface area (Å²) in [5, 5.41) is 8.19. The monoisotopic (exact) mass is 646 g/mol. The summed E-state index contributed by atoms with van der Waals surface area (Å²) in [5.41, 5.74) is 1.59. The van der Waals surface area contributed by atoms with Gasteiger partial charge < -0.3 is 14.8 Å². The van der Waals surface area contributed by atoms with Crippen LogP contribution in [-0.4, -0.2) is 35.5 Å². The summed E-state index contributed by atoms with van der Waals surface area (Å²) in [5.74, 6) is 0.952. The van der Waals surface area contributed by atoms with Crippen LogP contribution in [0.2, 0.25) is 5.02 Å². The molecule has 0 radical (unpaired) electrons. The Morgan fingerprint density at radius 2 is 1.89 bits per heavy atom. The fraction of sp³-hybridized carbons (Fsp3) is 0.154. The van der Waals surface area contributed by atoms with E-state index in [-0.39, 0.29) is 18.1 Å². The lowest BCUT2D eigenvalue weighted by Gasteiger charge is -2.13. The number of aryl methyl sites for hydroxylation is 1. The lowest BCUT2D eigenvalue weighted by molar-refractivity contribution is -0.118. The second-order valence-electron chi connectivity index (χ2n) is 7.77. The van der Waals surface area contributed by atoms with Gasteiger partial charge in [0.15, 0.2) is 18.1 Å². The molecule has 0 fully saturated rings. The average molecular weight is 649 g/mol.